The van der Waals surface area contributed by atoms with Gasteiger partial charge in [0.25, 0.3) is 0 Å². The highest BCUT2D eigenvalue weighted by Crippen LogP contribution is 2.06. The van der Waals surface area contributed by atoms with E-state index in [1.54, 1.807) is 12.2 Å². The van der Waals surface area contributed by atoms with Gasteiger partial charge in [0, 0.05) is 6.42 Å². The zero-order valence-electron chi connectivity index (χ0n) is 7.26. The van der Waals surface area contributed by atoms with Crippen LogP contribution in [0.4, 0.5) is 0 Å². The standard InChI is InChI=1S/C11H12O/c1-2-3-9-11(12)10-7-5-4-6-8-10/h4-5,7H,2-3,9H2,1H3. The van der Waals surface area contributed by atoms with Crippen LogP contribution in [0.25, 0.3) is 0 Å². The van der Waals surface area contributed by atoms with Gasteiger partial charge < -0.3 is 0 Å². The Morgan fingerprint density at radius 2 is 2.42 bits per heavy atom. The second-order valence-electron chi connectivity index (χ2n) is 2.74. The van der Waals surface area contributed by atoms with Crippen LogP contribution < -0.4 is 0 Å². The van der Waals surface area contributed by atoms with Crippen LogP contribution in [0.15, 0.2) is 35.3 Å². The first kappa shape index (κ1) is 8.80. The summed E-state index contributed by atoms with van der Waals surface area (Å²) in [6.07, 6.45) is 8.00. The summed E-state index contributed by atoms with van der Waals surface area (Å²) in [6.45, 7) is 2.08. The summed E-state index contributed by atoms with van der Waals surface area (Å²) >= 11 is 0. The highest BCUT2D eigenvalue weighted by molar-refractivity contribution is 5.97. The molecule has 0 aromatic carbocycles. The molecule has 0 aromatic heterocycles. The largest absolute Gasteiger partial charge is 0.293 e. The van der Waals surface area contributed by atoms with Crippen molar-refractivity contribution in [2.75, 3.05) is 0 Å². The fourth-order valence-electron chi connectivity index (χ4n) is 0.988. The van der Waals surface area contributed by atoms with E-state index in [4.69, 9.17) is 0 Å². The fraction of sp³-hybridized carbons (Fsp3) is 0.364. The molecule has 12 heavy (non-hydrogen) atoms. The van der Waals surface area contributed by atoms with Gasteiger partial charge in [-0.2, -0.15) is 0 Å². The van der Waals surface area contributed by atoms with Gasteiger partial charge in [-0.1, -0.05) is 30.9 Å². The van der Waals surface area contributed by atoms with Crippen molar-refractivity contribution < 1.29 is 4.79 Å². The van der Waals surface area contributed by atoms with E-state index in [0.717, 1.165) is 12.8 Å². The maximum absolute atomic E-state index is 11.4. The van der Waals surface area contributed by atoms with E-state index in [-0.39, 0.29) is 5.78 Å². The van der Waals surface area contributed by atoms with Gasteiger partial charge in [-0.3, -0.25) is 4.79 Å². The van der Waals surface area contributed by atoms with Gasteiger partial charge in [-0.05, 0) is 18.6 Å². The van der Waals surface area contributed by atoms with E-state index in [0.29, 0.717) is 12.0 Å². The molecule has 0 radical (unpaired) electrons. The summed E-state index contributed by atoms with van der Waals surface area (Å²) in [4.78, 5) is 11.4. The van der Waals surface area contributed by atoms with Crippen molar-refractivity contribution in [3.63, 3.8) is 0 Å². The minimum atomic E-state index is 0.175. The van der Waals surface area contributed by atoms with Crippen LogP contribution in [-0.2, 0) is 4.79 Å². The van der Waals surface area contributed by atoms with Crippen molar-refractivity contribution in [2.24, 2.45) is 0 Å². The van der Waals surface area contributed by atoms with Crippen LogP contribution in [-0.4, -0.2) is 5.78 Å². The first-order valence-corrected chi connectivity index (χ1v) is 4.26. The zero-order valence-corrected chi connectivity index (χ0v) is 7.26. The van der Waals surface area contributed by atoms with Crippen LogP contribution in [0.3, 0.4) is 0 Å². The van der Waals surface area contributed by atoms with Gasteiger partial charge in [0.1, 0.15) is 0 Å². The molecule has 0 saturated heterocycles. The molecule has 1 aliphatic carbocycles. The fourth-order valence-corrected chi connectivity index (χ4v) is 0.988. The first-order chi connectivity index (χ1) is 5.84. The van der Waals surface area contributed by atoms with Crippen molar-refractivity contribution in [3.05, 3.63) is 35.3 Å². The molecule has 1 aliphatic rings. The molecule has 0 unspecified atom stereocenters. The number of ketones is 1. The monoisotopic (exact) mass is 160 g/mol. The Balaban J connectivity index is 2.59. The molecule has 0 bridgehead atoms. The average molecular weight is 160 g/mol. The number of unbranched alkanes of at least 4 members (excludes halogenated alkanes) is 1. The number of hydrogen-bond donors (Lipinski definition) is 0. The Morgan fingerprint density at radius 3 is 3.00 bits per heavy atom. The molecule has 0 amide bonds. The van der Waals surface area contributed by atoms with Crippen molar-refractivity contribution in [1.29, 1.82) is 0 Å². The Kier molecular flexibility index (Phi) is 3.35. The average Bonchev–Trinajstić information content (AvgIpc) is 2.15. The maximum Gasteiger partial charge on any atom is 0.171 e. The van der Waals surface area contributed by atoms with Crippen LogP contribution in [0.1, 0.15) is 26.2 Å². The van der Waals surface area contributed by atoms with Gasteiger partial charge in [-0.15, -0.1) is 0 Å². The number of allylic oxidation sites excluding steroid dienone is 4. The number of carbonyl (C=O) groups is 1. The molecule has 0 saturated carbocycles. The molecule has 0 aliphatic heterocycles. The van der Waals surface area contributed by atoms with Crippen molar-refractivity contribution in [2.45, 2.75) is 26.2 Å². The maximum atomic E-state index is 11.4. The van der Waals surface area contributed by atoms with E-state index >= 15 is 0 Å². The number of carbonyl (C=O) groups excluding carboxylic acids is 1. The van der Waals surface area contributed by atoms with Crippen LogP contribution in [0, 0.1) is 0 Å². The van der Waals surface area contributed by atoms with E-state index in [1.165, 1.54) is 0 Å². The third-order valence-electron chi connectivity index (χ3n) is 1.71. The van der Waals surface area contributed by atoms with Gasteiger partial charge in [0.2, 0.25) is 0 Å². The first-order valence-electron chi connectivity index (χ1n) is 4.26. The second kappa shape index (κ2) is 4.56. The quantitative estimate of drug-likeness (QED) is 0.577. The van der Waals surface area contributed by atoms with Gasteiger partial charge in [-0.25, -0.2) is 0 Å². The topological polar surface area (TPSA) is 17.1 Å². The van der Waals surface area contributed by atoms with E-state index in [1.807, 2.05) is 6.08 Å². The van der Waals surface area contributed by atoms with Crippen LogP contribution in [0.5, 0.6) is 0 Å². The van der Waals surface area contributed by atoms with Gasteiger partial charge >= 0.3 is 0 Å². The van der Waals surface area contributed by atoms with E-state index in [2.05, 4.69) is 18.4 Å². The van der Waals surface area contributed by atoms with Crippen molar-refractivity contribution in [1.82, 2.24) is 0 Å². The summed E-state index contributed by atoms with van der Waals surface area (Å²) in [5.74, 6) is 0.175. The molecule has 0 N–H and O–H groups in total. The smallest absolute Gasteiger partial charge is 0.171 e. The molecular weight excluding hydrogens is 148 g/mol. The molecule has 1 nitrogen and oxygen atoms in total. The van der Waals surface area contributed by atoms with Crippen LogP contribution >= 0.6 is 0 Å². The Hall–Kier alpha value is -1.29. The zero-order chi connectivity index (χ0) is 8.81. The molecule has 0 atom stereocenters. The third-order valence-corrected chi connectivity index (χ3v) is 1.71. The van der Waals surface area contributed by atoms with E-state index < -0.39 is 0 Å². The van der Waals surface area contributed by atoms with Gasteiger partial charge in [0.15, 0.2) is 5.78 Å². The minimum absolute atomic E-state index is 0.175. The van der Waals surface area contributed by atoms with Crippen molar-refractivity contribution in [3.8, 4) is 0 Å². The summed E-state index contributed by atoms with van der Waals surface area (Å²) in [7, 11) is 0. The number of hydrogen-bond acceptors (Lipinski definition) is 1. The Bertz CT molecular complexity index is 295. The molecule has 62 valence electrons. The molecule has 1 rings (SSSR count). The van der Waals surface area contributed by atoms with Gasteiger partial charge in [0.05, 0.1) is 5.57 Å². The lowest BCUT2D eigenvalue weighted by molar-refractivity contribution is -0.115. The van der Waals surface area contributed by atoms with Crippen LogP contribution in [0.2, 0.25) is 0 Å². The predicted octanol–water partition coefficient (Wildman–Crippen LogP) is 2.55. The molecular formula is C11H12O. The summed E-state index contributed by atoms with van der Waals surface area (Å²) in [5, 5.41) is 0. The molecule has 0 spiro atoms. The van der Waals surface area contributed by atoms with Crippen molar-refractivity contribution >= 4 is 5.78 Å². The predicted molar refractivity (Wildman–Crippen MR) is 48.8 cm³/mol. The lowest BCUT2D eigenvalue weighted by atomic mass is 10.1. The Morgan fingerprint density at radius 1 is 1.58 bits per heavy atom. The highest BCUT2D eigenvalue weighted by Gasteiger charge is 2.04. The SMILES string of the molecule is CCCCC(=O)C1=C=C=CC=C1. The molecule has 0 heterocycles. The Labute approximate surface area is 72.8 Å². The summed E-state index contributed by atoms with van der Waals surface area (Å²) in [6, 6.07) is 0. The molecule has 0 aromatic rings. The lowest BCUT2D eigenvalue weighted by Crippen LogP contribution is -1.99. The number of rotatable bonds is 4. The molecule has 0 fully saturated rings. The summed E-state index contributed by atoms with van der Waals surface area (Å²) < 4.78 is 0. The third kappa shape index (κ3) is 2.39. The minimum Gasteiger partial charge on any atom is -0.293 e. The lowest BCUT2D eigenvalue weighted by Gasteiger charge is -1.97. The second-order valence-corrected chi connectivity index (χ2v) is 2.74. The summed E-state index contributed by atoms with van der Waals surface area (Å²) in [5.41, 5.74) is 6.23. The van der Waals surface area contributed by atoms with E-state index in [9.17, 15) is 4.79 Å². The normalized spacial score (nSPS) is 13.2. The highest BCUT2D eigenvalue weighted by atomic mass is 16.1. The number of Topliss-reactive ketones (excluding diaryl/α,β-unsaturated/α-hetero) is 1. The molecule has 1 heteroatoms.